The summed E-state index contributed by atoms with van der Waals surface area (Å²) in [7, 11) is 1.79. The van der Waals surface area contributed by atoms with Gasteiger partial charge < -0.3 is 0 Å². The zero-order chi connectivity index (χ0) is 8.27. The van der Waals surface area contributed by atoms with E-state index in [0.717, 1.165) is 10.5 Å². The number of carbonyl (C=O) groups excluding carboxylic acids is 1. The van der Waals surface area contributed by atoms with Gasteiger partial charge in [-0.1, -0.05) is 18.2 Å². The molecule has 0 radical (unpaired) electrons. The van der Waals surface area contributed by atoms with Gasteiger partial charge in [0.25, 0.3) is 0 Å². The van der Waals surface area contributed by atoms with Crippen molar-refractivity contribution in [3.63, 3.8) is 0 Å². The maximum absolute atomic E-state index is 11.0. The summed E-state index contributed by atoms with van der Waals surface area (Å²) in [5.74, 6) is 0.139. The summed E-state index contributed by atoms with van der Waals surface area (Å²) < 4.78 is 0. The van der Waals surface area contributed by atoms with Crippen molar-refractivity contribution in [3.05, 3.63) is 29.8 Å². The molecule has 0 saturated carbocycles. The van der Waals surface area contributed by atoms with E-state index in [1.54, 1.807) is 26.7 Å². The SMILES string of the molecule is CC(=O)c1ccccc1S[PH3+]. The van der Waals surface area contributed by atoms with E-state index in [1.807, 2.05) is 24.3 Å². The minimum Gasteiger partial charge on any atom is -0.294 e. The van der Waals surface area contributed by atoms with Crippen molar-refractivity contribution in [2.24, 2.45) is 0 Å². The Kier molecular flexibility index (Phi) is 3.10. The molecule has 1 aromatic carbocycles. The highest BCUT2D eigenvalue weighted by Crippen LogP contribution is 2.27. The molecule has 1 aromatic rings. The van der Waals surface area contributed by atoms with Gasteiger partial charge in [0.05, 0.1) is 4.90 Å². The number of hydrogen-bond donors (Lipinski definition) is 0. The van der Waals surface area contributed by atoms with Crippen LogP contribution in [0, 0.1) is 0 Å². The van der Waals surface area contributed by atoms with Crippen LogP contribution in [-0.4, -0.2) is 5.78 Å². The second-order valence-electron chi connectivity index (χ2n) is 2.20. The average molecular weight is 185 g/mol. The maximum atomic E-state index is 11.0. The van der Waals surface area contributed by atoms with E-state index < -0.39 is 0 Å². The summed E-state index contributed by atoms with van der Waals surface area (Å²) in [5, 5.41) is 0. The Morgan fingerprint density at radius 2 is 2.09 bits per heavy atom. The van der Waals surface area contributed by atoms with Crippen LogP contribution < -0.4 is 0 Å². The van der Waals surface area contributed by atoms with Crippen molar-refractivity contribution < 1.29 is 4.79 Å². The molecule has 1 nitrogen and oxygen atoms in total. The molecule has 0 heterocycles. The third-order valence-electron chi connectivity index (χ3n) is 1.42. The largest absolute Gasteiger partial charge is 0.294 e. The Bertz CT molecular complexity index is 273. The second-order valence-corrected chi connectivity index (χ2v) is 3.79. The summed E-state index contributed by atoms with van der Waals surface area (Å²) in [6.07, 6.45) is 0. The molecular weight excluding hydrogens is 175 g/mol. The Balaban J connectivity index is 3.12. The first-order valence-corrected chi connectivity index (χ1v) is 5.99. The Morgan fingerprint density at radius 1 is 1.45 bits per heavy atom. The number of ketones is 1. The third-order valence-corrected chi connectivity index (χ3v) is 3.02. The predicted molar refractivity (Wildman–Crippen MR) is 53.4 cm³/mol. The van der Waals surface area contributed by atoms with Crippen molar-refractivity contribution in [1.29, 1.82) is 0 Å². The van der Waals surface area contributed by atoms with Crippen molar-refractivity contribution in [2.45, 2.75) is 11.8 Å². The minimum atomic E-state index is 0.139. The fourth-order valence-corrected chi connectivity index (χ4v) is 2.18. The second kappa shape index (κ2) is 3.89. The zero-order valence-corrected chi connectivity index (χ0v) is 8.56. The standard InChI is InChI=1S/C8H9OPS/c1-6(9)7-4-2-3-5-8(7)11-10/h2-5H,10H2,1H3/p+1. The predicted octanol–water partition coefficient (Wildman–Crippen LogP) is 2.50. The lowest BCUT2D eigenvalue weighted by Crippen LogP contribution is -1.92. The fourth-order valence-electron chi connectivity index (χ4n) is 0.883. The lowest BCUT2D eigenvalue weighted by molar-refractivity contribution is 0.101. The van der Waals surface area contributed by atoms with Crippen LogP contribution in [0.5, 0.6) is 0 Å². The van der Waals surface area contributed by atoms with E-state index in [-0.39, 0.29) is 5.78 Å². The van der Waals surface area contributed by atoms with Gasteiger partial charge in [-0.15, -0.1) is 0 Å². The molecule has 1 unspecified atom stereocenters. The molecule has 3 heteroatoms. The van der Waals surface area contributed by atoms with Gasteiger partial charge in [0, 0.05) is 25.4 Å². The lowest BCUT2D eigenvalue weighted by atomic mass is 10.1. The quantitative estimate of drug-likeness (QED) is 0.520. The Labute approximate surface area is 72.5 Å². The molecular formula is C8H10OPS+. The van der Waals surface area contributed by atoms with Gasteiger partial charge in [-0.2, -0.15) is 0 Å². The first kappa shape index (κ1) is 8.76. The van der Waals surface area contributed by atoms with Gasteiger partial charge >= 0.3 is 0 Å². The van der Waals surface area contributed by atoms with Crippen LogP contribution in [0.3, 0.4) is 0 Å². The van der Waals surface area contributed by atoms with E-state index in [4.69, 9.17) is 0 Å². The summed E-state index contributed by atoms with van der Waals surface area (Å²) in [6.45, 7) is 1.60. The molecule has 1 atom stereocenters. The van der Waals surface area contributed by atoms with Crippen LogP contribution >= 0.6 is 19.8 Å². The molecule has 0 fully saturated rings. The molecule has 1 rings (SSSR count). The molecule has 0 aliphatic rings. The van der Waals surface area contributed by atoms with Crippen LogP contribution in [0.2, 0.25) is 0 Å². The third kappa shape index (κ3) is 2.05. The molecule has 0 bridgehead atoms. The highest BCUT2D eigenvalue weighted by atomic mass is 32.7. The number of benzene rings is 1. The summed E-state index contributed by atoms with van der Waals surface area (Å²) >= 11 is 1.63. The van der Waals surface area contributed by atoms with Crippen molar-refractivity contribution in [2.75, 3.05) is 0 Å². The van der Waals surface area contributed by atoms with Crippen molar-refractivity contribution >= 4 is 25.6 Å². The van der Waals surface area contributed by atoms with E-state index >= 15 is 0 Å². The number of rotatable bonds is 2. The average Bonchev–Trinajstić information content (AvgIpc) is 2.04. The van der Waals surface area contributed by atoms with Crippen LogP contribution in [0.15, 0.2) is 29.2 Å². The van der Waals surface area contributed by atoms with Gasteiger partial charge in [0.2, 0.25) is 0 Å². The zero-order valence-electron chi connectivity index (χ0n) is 6.33. The molecule has 0 aliphatic heterocycles. The first-order valence-electron chi connectivity index (χ1n) is 3.27. The van der Waals surface area contributed by atoms with Gasteiger partial charge in [-0.25, -0.2) is 0 Å². The smallest absolute Gasteiger partial charge is 0.161 e. The molecule has 0 aliphatic carbocycles. The monoisotopic (exact) mass is 185 g/mol. The highest BCUT2D eigenvalue weighted by molar-refractivity contribution is 8.43. The van der Waals surface area contributed by atoms with Crippen molar-refractivity contribution in [1.82, 2.24) is 0 Å². The Morgan fingerprint density at radius 3 is 2.55 bits per heavy atom. The normalized spacial score (nSPS) is 9.91. The van der Waals surface area contributed by atoms with Gasteiger partial charge in [0.15, 0.2) is 5.78 Å². The van der Waals surface area contributed by atoms with E-state index in [1.165, 1.54) is 0 Å². The molecule has 0 aromatic heterocycles. The highest BCUT2D eigenvalue weighted by Gasteiger charge is 2.05. The van der Waals surface area contributed by atoms with Crippen LogP contribution in [-0.2, 0) is 0 Å². The van der Waals surface area contributed by atoms with Gasteiger partial charge in [-0.3, -0.25) is 4.79 Å². The molecule has 0 amide bonds. The number of carbonyl (C=O) groups is 1. The number of hydrogen-bond acceptors (Lipinski definition) is 2. The Hall–Kier alpha value is -0.330. The minimum absolute atomic E-state index is 0.139. The molecule has 0 spiro atoms. The summed E-state index contributed by atoms with van der Waals surface area (Å²) in [4.78, 5) is 12.1. The van der Waals surface area contributed by atoms with E-state index in [2.05, 4.69) is 0 Å². The van der Waals surface area contributed by atoms with Crippen LogP contribution in [0.4, 0.5) is 0 Å². The van der Waals surface area contributed by atoms with E-state index in [9.17, 15) is 4.79 Å². The number of Topliss-reactive ketones (excluding diaryl/α,β-unsaturated/α-hetero) is 1. The summed E-state index contributed by atoms with van der Waals surface area (Å²) in [6, 6.07) is 7.66. The van der Waals surface area contributed by atoms with Gasteiger partial charge in [0.1, 0.15) is 0 Å². The van der Waals surface area contributed by atoms with E-state index in [0.29, 0.717) is 0 Å². The first-order chi connectivity index (χ1) is 5.25. The van der Waals surface area contributed by atoms with Crippen LogP contribution in [0.1, 0.15) is 17.3 Å². The molecule has 0 N–H and O–H groups in total. The topological polar surface area (TPSA) is 17.1 Å². The molecule has 11 heavy (non-hydrogen) atoms. The summed E-state index contributed by atoms with van der Waals surface area (Å²) in [5.41, 5.74) is 0.826. The molecule has 0 saturated heterocycles. The fraction of sp³-hybridized carbons (Fsp3) is 0.125. The van der Waals surface area contributed by atoms with Gasteiger partial charge in [-0.05, 0) is 13.0 Å². The van der Waals surface area contributed by atoms with Crippen molar-refractivity contribution in [3.8, 4) is 0 Å². The maximum Gasteiger partial charge on any atom is 0.161 e. The molecule has 58 valence electrons. The lowest BCUT2D eigenvalue weighted by Gasteiger charge is -1.98. The van der Waals surface area contributed by atoms with Crippen LogP contribution in [0.25, 0.3) is 0 Å².